The Morgan fingerprint density at radius 3 is 2.63 bits per heavy atom. The maximum Gasteiger partial charge on any atom is 0.264 e. The van der Waals surface area contributed by atoms with Gasteiger partial charge in [-0.05, 0) is 25.1 Å². The van der Waals surface area contributed by atoms with E-state index in [-0.39, 0.29) is 20.9 Å². The number of sulfonamides is 1. The van der Waals surface area contributed by atoms with Gasteiger partial charge in [-0.25, -0.2) is 18.4 Å². The van der Waals surface area contributed by atoms with Crippen molar-refractivity contribution in [2.75, 3.05) is 4.72 Å². The minimum atomic E-state index is -3.79. The number of halogens is 2. The van der Waals surface area contributed by atoms with Gasteiger partial charge in [-0.1, -0.05) is 29.3 Å². The Hall–Kier alpha value is -1.37. The van der Waals surface area contributed by atoms with Gasteiger partial charge in [0.1, 0.15) is 15.9 Å². The summed E-state index contributed by atoms with van der Waals surface area (Å²) in [7, 11) is -3.79. The van der Waals surface area contributed by atoms with Crippen LogP contribution < -0.4 is 4.72 Å². The van der Waals surface area contributed by atoms with Crippen molar-refractivity contribution in [3.05, 3.63) is 46.3 Å². The van der Waals surface area contributed by atoms with Crippen LogP contribution in [0.4, 0.5) is 5.82 Å². The molecule has 0 bridgehead atoms. The van der Waals surface area contributed by atoms with Crippen LogP contribution in [0, 0.1) is 6.92 Å². The molecule has 0 amide bonds. The Balaban J connectivity index is 2.35. The van der Waals surface area contributed by atoms with E-state index in [2.05, 4.69) is 14.7 Å². The number of pyridine rings is 2. The Labute approximate surface area is 120 Å². The van der Waals surface area contributed by atoms with E-state index in [1.165, 1.54) is 6.07 Å². The summed E-state index contributed by atoms with van der Waals surface area (Å²) >= 11 is 11.4. The van der Waals surface area contributed by atoms with Crippen LogP contribution in [0.25, 0.3) is 0 Å². The molecule has 2 heterocycles. The van der Waals surface area contributed by atoms with Crippen LogP contribution in [0.15, 0.2) is 35.4 Å². The van der Waals surface area contributed by atoms with Crippen LogP contribution in [-0.2, 0) is 10.0 Å². The molecular weight excluding hydrogens is 309 g/mol. The van der Waals surface area contributed by atoms with Gasteiger partial charge in [-0.3, -0.25) is 4.72 Å². The first-order valence-corrected chi connectivity index (χ1v) is 7.40. The van der Waals surface area contributed by atoms with Crippen LogP contribution in [0.1, 0.15) is 5.69 Å². The molecule has 0 aromatic carbocycles. The number of nitrogens with one attached hydrogen (secondary N) is 1. The summed E-state index contributed by atoms with van der Waals surface area (Å²) < 4.78 is 26.5. The first-order chi connectivity index (χ1) is 8.88. The standard InChI is InChI=1S/C11H9Cl2N3O2S/c1-7-3-2-4-10(15-7)16-19(17,18)8-5-9(12)11(13)14-6-8/h2-6H,1H3,(H,15,16). The number of hydrogen-bond donors (Lipinski definition) is 1. The second kappa shape index (κ2) is 5.32. The van der Waals surface area contributed by atoms with Crippen molar-refractivity contribution in [1.29, 1.82) is 0 Å². The number of aromatic nitrogens is 2. The van der Waals surface area contributed by atoms with Crippen molar-refractivity contribution in [2.45, 2.75) is 11.8 Å². The van der Waals surface area contributed by atoms with Crippen LogP contribution in [0.2, 0.25) is 10.2 Å². The number of hydrogen-bond acceptors (Lipinski definition) is 4. The zero-order chi connectivity index (χ0) is 14.0. The smallest absolute Gasteiger partial charge is 0.263 e. The van der Waals surface area contributed by atoms with Crippen LogP contribution in [0.3, 0.4) is 0 Å². The number of nitrogens with zero attached hydrogens (tertiary/aromatic N) is 2. The first-order valence-electron chi connectivity index (χ1n) is 5.16. The highest BCUT2D eigenvalue weighted by Gasteiger charge is 2.17. The van der Waals surface area contributed by atoms with E-state index in [0.717, 1.165) is 6.20 Å². The lowest BCUT2D eigenvalue weighted by molar-refractivity contribution is 0.600. The Kier molecular flexibility index (Phi) is 3.93. The Bertz CT molecular complexity index is 720. The molecule has 0 aliphatic rings. The van der Waals surface area contributed by atoms with E-state index in [9.17, 15) is 8.42 Å². The van der Waals surface area contributed by atoms with E-state index in [4.69, 9.17) is 23.2 Å². The van der Waals surface area contributed by atoms with E-state index >= 15 is 0 Å². The Morgan fingerprint density at radius 2 is 2.00 bits per heavy atom. The fraction of sp³-hybridized carbons (Fsp3) is 0.0909. The summed E-state index contributed by atoms with van der Waals surface area (Å²) in [5, 5.41) is 0.121. The molecule has 5 nitrogen and oxygen atoms in total. The summed E-state index contributed by atoms with van der Waals surface area (Å²) in [6.07, 6.45) is 1.13. The third kappa shape index (κ3) is 3.34. The zero-order valence-corrected chi connectivity index (χ0v) is 12.1. The normalized spacial score (nSPS) is 11.3. The lowest BCUT2D eigenvalue weighted by Gasteiger charge is -2.08. The molecule has 100 valence electrons. The quantitative estimate of drug-likeness (QED) is 0.883. The molecule has 0 spiro atoms. The molecule has 0 saturated carbocycles. The van der Waals surface area contributed by atoms with E-state index in [0.29, 0.717) is 5.69 Å². The Morgan fingerprint density at radius 1 is 1.26 bits per heavy atom. The third-order valence-electron chi connectivity index (χ3n) is 2.21. The van der Waals surface area contributed by atoms with E-state index in [1.54, 1.807) is 25.1 Å². The SMILES string of the molecule is Cc1cccc(NS(=O)(=O)c2cnc(Cl)c(Cl)c2)n1. The largest absolute Gasteiger partial charge is 0.264 e. The summed E-state index contributed by atoms with van der Waals surface area (Å²) in [6.45, 7) is 1.76. The summed E-state index contributed by atoms with van der Waals surface area (Å²) in [6, 6.07) is 6.25. The maximum atomic E-state index is 12.1. The average Bonchev–Trinajstić information content (AvgIpc) is 2.32. The fourth-order valence-electron chi connectivity index (χ4n) is 1.35. The predicted octanol–water partition coefficient (Wildman–Crippen LogP) is 2.89. The van der Waals surface area contributed by atoms with Crippen molar-refractivity contribution >= 4 is 39.0 Å². The van der Waals surface area contributed by atoms with Crippen LogP contribution >= 0.6 is 23.2 Å². The lowest BCUT2D eigenvalue weighted by atomic mass is 10.4. The third-order valence-corrected chi connectivity index (χ3v) is 4.22. The molecule has 0 unspecified atom stereocenters. The minimum Gasteiger partial charge on any atom is -0.263 e. The van der Waals surface area contributed by atoms with E-state index in [1.807, 2.05) is 0 Å². The molecule has 8 heteroatoms. The second-order valence-corrected chi connectivity index (χ2v) is 6.16. The minimum absolute atomic E-state index is 0.0503. The van der Waals surface area contributed by atoms with Crippen LogP contribution in [-0.4, -0.2) is 18.4 Å². The summed E-state index contributed by atoms with van der Waals surface area (Å²) in [4.78, 5) is 7.67. The van der Waals surface area contributed by atoms with Crippen molar-refractivity contribution in [3.63, 3.8) is 0 Å². The molecule has 2 rings (SSSR count). The van der Waals surface area contributed by atoms with Crippen molar-refractivity contribution in [2.24, 2.45) is 0 Å². The highest BCUT2D eigenvalue weighted by Crippen LogP contribution is 2.23. The van der Waals surface area contributed by atoms with Gasteiger partial charge in [0.05, 0.1) is 5.02 Å². The monoisotopic (exact) mass is 317 g/mol. The summed E-state index contributed by atoms with van der Waals surface area (Å²) in [5.41, 5.74) is 0.701. The van der Waals surface area contributed by atoms with Gasteiger partial charge in [0.2, 0.25) is 0 Å². The summed E-state index contributed by atoms with van der Waals surface area (Å²) in [5.74, 6) is 0.228. The second-order valence-electron chi connectivity index (χ2n) is 3.71. The topological polar surface area (TPSA) is 72.0 Å². The predicted molar refractivity (Wildman–Crippen MR) is 74.0 cm³/mol. The first kappa shape index (κ1) is 14.0. The molecule has 0 radical (unpaired) electrons. The van der Waals surface area contributed by atoms with Gasteiger partial charge in [0.15, 0.2) is 0 Å². The zero-order valence-electron chi connectivity index (χ0n) is 9.76. The van der Waals surface area contributed by atoms with Crippen molar-refractivity contribution in [3.8, 4) is 0 Å². The number of rotatable bonds is 3. The van der Waals surface area contributed by atoms with Crippen molar-refractivity contribution in [1.82, 2.24) is 9.97 Å². The van der Waals surface area contributed by atoms with Crippen LogP contribution in [0.5, 0.6) is 0 Å². The molecule has 2 aromatic heterocycles. The van der Waals surface area contributed by atoms with E-state index < -0.39 is 10.0 Å². The molecule has 2 aromatic rings. The molecule has 19 heavy (non-hydrogen) atoms. The number of anilines is 1. The molecular formula is C11H9Cl2N3O2S. The molecule has 0 fully saturated rings. The molecule has 0 aliphatic heterocycles. The lowest BCUT2D eigenvalue weighted by Crippen LogP contribution is -2.14. The molecule has 0 aliphatic carbocycles. The van der Waals surface area contributed by atoms with Gasteiger partial charge >= 0.3 is 0 Å². The molecule has 1 N–H and O–H groups in total. The average molecular weight is 318 g/mol. The fourth-order valence-corrected chi connectivity index (χ4v) is 2.65. The highest BCUT2D eigenvalue weighted by molar-refractivity contribution is 7.92. The van der Waals surface area contributed by atoms with Gasteiger partial charge < -0.3 is 0 Å². The molecule has 0 saturated heterocycles. The highest BCUT2D eigenvalue weighted by atomic mass is 35.5. The van der Waals surface area contributed by atoms with Gasteiger partial charge in [0.25, 0.3) is 10.0 Å². The van der Waals surface area contributed by atoms with Gasteiger partial charge in [-0.2, -0.15) is 0 Å². The maximum absolute atomic E-state index is 12.1. The van der Waals surface area contributed by atoms with Crippen molar-refractivity contribution < 1.29 is 8.42 Å². The van der Waals surface area contributed by atoms with Gasteiger partial charge in [-0.15, -0.1) is 0 Å². The molecule has 0 atom stereocenters. The number of aryl methyl sites for hydroxylation is 1. The van der Waals surface area contributed by atoms with Gasteiger partial charge in [0, 0.05) is 11.9 Å².